The van der Waals surface area contributed by atoms with E-state index in [0.717, 1.165) is 18.2 Å². The van der Waals surface area contributed by atoms with Crippen LogP contribution in [-0.4, -0.2) is 12.5 Å². The van der Waals surface area contributed by atoms with Gasteiger partial charge < -0.3 is 10.6 Å². The van der Waals surface area contributed by atoms with Gasteiger partial charge >= 0.3 is 0 Å². The van der Waals surface area contributed by atoms with Gasteiger partial charge in [0.15, 0.2) is 0 Å². The second-order valence-electron chi connectivity index (χ2n) is 5.24. The number of carbonyl (C=O) groups excluding carboxylic acids is 1. The molecule has 0 spiro atoms. The Bertz CT molecular complexity index is 448. The van der Waals surface area contributed by atoms with Crippen LogP contribution < -0.4 is 10.6 Å². The maximum absolute atomic E-state index is 11.5. The number of hydrogen-bond donors (Lipinski definition) is 2. The number of hydrogen-bond acceptors (Lipinski definition) is 2. The number of amides is 1. The molecule has 90 valence electrons. The van der Waals surface area contributed by atoms with E-state index < -0.39 is 0 Å². The van der Waals surface area contributed by atoms with Gasteiger partial charge in [0.05, 0.1) is 6.42 Å². The van der Waals surface area contributed by atoms with Crippen LogP contribution in [0.1, 0.15) is 36.9 Å². The van der Waals surface area contributed by atoms with Gasteiger partial charge in [0.2, 0.25) is 5.91 Å². The highest BCUT2D eigenvalue weighted by Gasteiger charge is 2.26. The van der Waals surface area contributed by atoms with E-state index in [1.807, 2.05) is 12.1 Å². The molecule has 3 rings (SSSR count). The molecule has 3 heteroatoms. The standard InChI is InChI=1S/C14H18N2O/c1-9-5-6-12(15-8-9)10-3-2-4-13-11(10)7-14(17)16-13/h2-4,9,12,15H,5-8H2,1H3,(H,16,17)/t9-,12+/m1/s1. The SMILES string of the molecule is C[C@@H]1CC[C@@H](c2cccc3c2CC(=O)N3)NC1. The van der Waals surface area contributed by atoms with Crippen molar-refractivity contribution in [1.82, 2.24) is 5.32 Å². The second kappa shape index (κ2) is 4.15. The molecule has 0 radical (unpaired) electrons. The molecule has 0 saturated carbocycles. The Hall–Kier alpha value is -1.35. The van der Waals surface area contributed by atoms with Gasteiger partial charge in [-0.15, -0.1) is 0 Å². The minimum absolute atomic E-state index is 0.122. The Morgan fingerprint density at radius 2 is 2.18 bits per heavy atom. The lowest BCUT2D eigenvalue weighted by molar-refractivity contribution is -0.115. The van der Waals surface area contributed by atoms with Gasteiger partial charge in [-0.05, 0) is 42.5 Å². The summed E-state index contributed by atoms with van der Waals surface area (Å²) in [5, 5.41) is 6.51. The molecule has 1 amide bonds. The summed E-state index contributed by atoms with van der Waals surface area (Å²) in [4.78, 5) is 11.5. The first-order chi connectivity index (χ1) is 8.24. The van der Waals surface area contributed by atoms with Crippen LogP contribution in [0.25, 0.3) is 0 Å². The number of piperidine rings is 1. The minimum atomic E-state index is 0.122. The number of rotatable bonds is 1. The Morgan fingerprint density at radius 3 is 2.94 bits per heavy atom. The normalized spacial score (nSPS) is 27.7. The Balaban J connectivity index is 1.89. The van der Waals surface area contributed by atoms with Gasteiger partial charge in [-0.3, -0.25) is 4.79 Å². The van der Waals surface area contributed by atoms with Crippen molar-refractivity contribution in [1.29, 1.82) is 0 Å². The highest BCUT2D eigenvalue weighted by molar-refractivity contribution is 5.99. The molecule has 1 aromatic rings. The highest BCUT2D eigenvalue weighted by atomic mass is 16.1. The quantitative estimate of drug-likeness (QED) is 0.777. The van der Waals surface area contributed by atoms with Crippen molar-refractivity contribution in [2.24, 2.45) is 5.92 Å². The summed E-state index contributed by atoms with van der Waals surface area (Å²) in [5.74, 6) is 0.888. The zero-order valence-corrected chi connectivity index (χ0v) is 10.1. The number of anilines is 1. The minimum Gasteiger partial charge on any atom is -0.326 e. The molecular formula is C14H18N2O. The van der Waals surface area contributed by atoms with Crippen LogP contribution in [0.3, 0.4) is 0 Å². The summed E-state index contributed by atoms with van der Waals surface area (Å²) in [6.07, 6.45) is 2.98. The highest BCUT2D eigenvalue weighted by Crippen LogP contribution is 2.34. The Morgan fingerprint density at radius 1 is 1.29 bits per heavy atom. The van der Waals surface area contributed by atoms with Gasteiger partial charge in [-0.25, -0.2) is 0 Å². The fourth-order valence-corrected chi connectivity index (χ4v) is 2.86. The first kappa shape index (κ1) is 10.8. The molecule has 0 bridgehead atoms. The van der Waals surface area contributed by atoms with Gasteiger partial charge in [0.25, 0.3) is 0 Å². The number of fused-ring (bicyclic) bond motifs is 1. The molecule has 2 heterocycles. The fourth-order valence-electron chi connectivity index (χ4n) is 2.86. The molecule has 1 fully saturated rings. The Kier molecular flexibility index (Phi) is 2.63. The van der Waals surface area contributed by atoms with Gasteiger partial charge in [0, 0.05) is 11.7 Å². The number of nitrogens with one attached hydrogen (secondary N) is 2. The van der Waals surface area contributed by atoms with Crippen molar-refractivity contribution >= 4 is 11.6 Å². The maximum atomic E-state index is 11.5. The molecule has 1 aromatic carbocycles. The second-order valence-corrected chi connectivity index (χ2v) is 5.24. The van der Waals surface area contributed by atoms with Gasteiger partial charge in [-0.2, -0.15) is 0 Å². The van der Waals surface area contributed by atoms with E-state index in [1.165, 1.54) is 24.0 Å². The lowest BCUT2D eigenvalue weighted by Crippen LogP contribution is -2.32. The van der Waals surface area contributed by atoms with Crippen molar-refractivity contribution in [2.75, 3.05) is 11.9 Å². The van der Waals surface area contributed by atoms with E-state index in [9.17, 15) is 4.79 Å². The van der Waals surface area contributed by atoms with E-state index in [4.69, 9.17) is 0 Å². The van der Waals surface area contributed by atoms with Crippen LogP contribution in [0, 0.1) is 5.92 Å². The van der Waals surface area contributed by atoms with Gasteiger partial charge in [0.1, 0.15) is 0 Å². The van der Waals surface area contributed by atoms with Crippen molar-refractivity contribution in [3.05, 3.63) is 29.3 Å². The predicted molar refractivity (Wildman–Crippen MR) is 67.9 cm³/mol. The summed E-state index contributed by atoms with van der Waals surface area (Å²) in [6.45, 7) is 3.36. The summed E-state index contributed by atoms with van der Waals surface area (Å²) >= 11 is 0. The third-order valence-electron chi connectivity index (χ3n) is 3.86. The van der Waals surface area contributed by atoms with E-state index >= 15 is 0 Å². The van der Waals surface area contributed by atoms with Gasteiger partial charge in [-0.1, -0.05) is 19.1 Å². The predicted octanol–water partition coefficient (Wildman–Crippen LogP) is 2.24. The molecule has 0 aromatic heterocycles. The molecule has 1 saturated heterocycles. The molecule has 0 unspecified atom stereocenters. The largest absolute Gasteiger partial charge is 0.326 e. The average Bonchev–Trinajstić information content (AvgIpc) is 2.70. The van der Waals surface area contributed by atoms with E-state index in [-0.39, 0.29) is 5.91 Å². The summed E-state index contributed by atoms with van der Waals surface area (Å²) in [6, 6.07) is 6.62. The molecule has 17 heavy (non-hydrogen) atoms. The zero-order chi connectivity index (χ0) is 11.8. The first-order valence-corrected chi connectivity index (χ1v) is 6.39. The monoisotopic (exact) mass is 230 g/mol. The number of carbonyl (C=O) groups is 1. The fraction of sp³-hybridized carbons (Fsp3) is 0.500. The van der Waals surface area contributed by atoms with Crippen LogP contribution in [0.15, 0.2) is 18.2 Å². The lowest BCUT2D eigenvalue weighted by atomic mass is 9.89. The topological polar surface area (TPSA) is 41.1 Å². The van der Waals surface area contributed by atoms with E-state index in [2.05, 4.69) is 23.6 Å². The smallest absolute Gasteiger partial charge is 0.228 e. The summed E-state index contributed by atoms with van der Waals surface area (Å²) in [5.41, 5.74) is 3.52. The average molecular weight is 230 g/mol. The van der Waals surface area contributed by atoms with Crippen molar-refractivity contribution in [2.45, 2.75) is 32.2 Å². The Labute approximate surface area is 102 Å². The summed E-state index contributed by atoms with van der Waals surface area (Å²) < 4.78 is 0. The summed E-state index contributed by atoms with van der Waals surface area (Å²) in [7, 11) is 0. The van der Waals surface area contributed by atoms with Crippen molar-refractivity contribution < 1.29 is 4.79 Å². The third-order valence-corrected chi connectivity index (χ3v) is 3.86. The molecule has 2 aliphatic heterocycles. The zero-order valence-electron chi connectivity index (χ0n) is 10.1. The lowest BCUT2D eigenvalue weighted by Gasteiger charge is -2.29. The van der Waals surface area contributed by atoms with Crippen LogP contribution >= 0.6 is 0 Å². The molecule has 2 aliphatic rings. The van der Waals surface area contributed by atoms with Crippen LogP contribution in [0.4, 0.5) is 5.69 Å². The van der Waals surface area contributed by atoms with Crippen molar-refractivity contribution in [3.8, 4) is 0 Å². The van der Waals surface area contributed by atoms with Crippen molar-refractivity contribution in [3.63, 3.8) is 0 Å². The molecule has 2 atom stereocenters. The van der Waals surface area contributed by atoms with E-state index in [1.54, 1.807) is 0 Å². The molecule has 0 aliphatic carbocycles. The molecule has 3 nitrogen and oxygen atoms in total. The molecule has 2 N–H and O–H groups in total. The van der Waals surface area contributed by atoms with Crippen LogP contribution in [0.2, 0.25) is 0 Å². The first-order valence-electron chi connectivity index (χ1n) is 6.39. The maximum Gasteiger partial charge on any atom is 0.228 e. The third kappa shape index (κ3) is 1.95. The van der Waals surface area contributed by atoms with Crippen LogP contribution in [-0.2, 0) is 11.2 Å². The molecular weight excluding hydrogens is 212 g/mol. The van der Waals surface area contributed by atoms with Crippen LogP contribution in [0.5, 0.6) is 0 Å². The number of benzene rings is 1. The van der Waals surface area contributed by atoms with E-state index in [0.29, 0.717) is 12.5 Å².